The number of alkyl halides is 3. The first kappa shape index (κ1) is 18.0. The van der Waals surface area contributed by atoms with Crippen molar-refractivity contribution < 1.29 is 13.2 Å². The van der Waals surface area contributed by atoms with Crippen molar-refractivity contribution in [2.24, 2.45) is 0 Å². The minimum Gasteiger partial charge on any atom is -0.309 e. The van der Waals surface area contributed by atoms with E-state index in [0.29, 0.717) is 13.1 Å². The highest BCUT2D eigenvalue weighted by molar-refractivity contribution is 5.33. The van der Waals surface area contributed by atoms with Crippen LogP contribution in [0.4, 0.5) is 13.2 Å². The molecule has 0 aliphatic heterocycles. The number of aryl methyl sites for hydroxylation is 2. The Morgan fingerprint density at radius 2 is 1.86 bits per heavy atom. The summed E-state index contributed by atoms with van der Waals surface area (Å²) < 4.78 is 37.8. The van der Waals surface area contributed by atoms with Gasteiger partial charge in [0, 0.05) is 12.6 Å². The number of hydrogen-bond acceptors (Lipinski definition) is 2. The summed E-state index contributed by atoms with van der Waals surface area (Å²) in [6, 6.07) is 6.02. The largest absolute Gasteiger partial charge is 0.401 e. The highest BCUT2D eigenvalue weighted by atomic mass is 19.4. The molecule has 0 saturated heterocycles. The molecule has 0 aromatic heterocycles. The van der Waals surface area contributed by atoms with Crippen LogP contribution in [0.1, 0.15) is 36.6 Å². The lowest BCUT2D eigenvalue weighted by Crippen LogP contribution is -2.40. The van der Waals surface area contributed by atoms with Gasteiger partial charge in [0.25, 0.3) is 0 Å². The fourth-order valence-corrected chi connectivity index (χ4v) is 2.47. The van der Waals surface area contributed by atoms with Gasteiger partial charge in [-0.15, -0.1) is 0 Å². The molecule has 120 valence electrons. The monoisotopic (exact) mass is 302 g/mol. The van der Waals surface area contributed by atoms with Gasteiger partial charge in [0.1, 0.15) is 0 Å². The highest BCUT2D eigenvalue weighted by Crippen LogP contribution is 2.23. The van der Waals surface area contributed by atoms with Crippen LogP contribution in [0.25, 0.3) is 0 Å². The molecule has 0 amide bonds. The van der Waals surface area contributed by atoms with Crippen LogP contribution in [0, 0.1) is 13.8 Å². The Labute approximate surface area is 125 Å². The standard InChI is InChI=1S/C16H25F3N2/c1-5-20-15(10-21(6-2)11-16(17,18)19)14-9-12(3)7-8-13(14)4/h7-9,15,20H,5-6,10-11H2,1-4H3. The van der Waals surface area contributed by atoms with Crippen molar-refractivity contribution in [3.8, 4) is 0 Å². The molecule has 0 aliphatic carbocycles. The normalized spacial score (nSPS) is 13.7. The SMILES string of the molecule is CCNC(CN(CC)CC(F)(F)F)c1cc(C)ccc1C. The summed E-state index contributed by atoms with van der Waals surface area (Å²) in [6.45, 7) is 8.33. The first-order valence-corrected chi connectivity index (χ1v) is 7.36. The lowest BCUT2D eigenvalue weighted by Gasteiger charge is -2.29. The van der Waals surface area contributed by atoms with Crippen molar-refractivity contribution in [2.45, 2.75) is 39.9 Å². The summed E-state index contributed by atoms with van der Waals surface area (Å²) in [5.74, 6) is 0. The second kappa shape index (κ2) is 7.80. The quantitative estimate of drug-likeness (QED) is 0.823. The van der Waals surface area contributed by atoms with E-state index < -0.39 is 12.7 Å². The summed E-state index contributed by atoms with van der Waals surface area (Å²) in [6.07, 6.45) is -4.16. The van der Waals surface area contributed by atoms with E-state index in [9.17, 15) is 13.2 Å². The van der Waals surface area contributed by atoms with Gasteiger partial charge in [0.05, 0.1) is 6.54 Å². The maximum atomic E-state index is 12.6. The van der Waals surface area contributed by atoms with Crippen LogP contribution in [0.15, 0.2) is 18.2 Å². The van der Waals surface area contributed by atoms with Crippen LogP contribution < -0.4 is 5.32 Å². The minimum absolute atomic E-state index is 0.0859. The topological polar surface area (TPSA) is 15.3 Å². The zero-order valence-corrected chi connectivity index (χ0v) is 13.2. The van der Waals surface area contributed by atoms with Crippen LogP contribution in [-0.2, 0) is 0 Å². The van der Waals surface area contributed by atoms with Crippen LogP contribution in [0.5, 0.6) is 0 Å². The van der Waals surface area contributed by atoms with E-state index >= 15 is 0 Å². The molecule has 21 heavy (non-hydrogen) atoms. The van der Waals surface area contributed by atoms with Crippen molar-refractivity contribution in [3.63, 3.8) is 0 Å². The molecular formula is C16H25F3N2. The first-order valence-electron chi connectivity index (χ1n) is 7.36. The van der Waals surface area contributed by atoms with Gasteiger partial charge in [-0.1, -0.05) is 37.6 Å². The third kappa shape index (κ3) is 6.06. The van der Waals surface area contributed by atoms with Crippen molar-refractivity contribution in [1.82, 2.24) is 10.2 Å². The second-order valence-electron chi connectivity index (χ2n) is 5.41. The van der Waals surface area contributed by atoms with E-state index in [2.05, 4.69) is 11.4 Å². The van der Waals surface area contributed by atoms with E-state index in [1.807, 2.05) is 32.9 Å². The van der Waals surface area contributed by atoms with Crippen molar-refractivity contribution in [3.05, 3.63) is 34.9 Å². The van der Waals surface area contributed by atoms with E-state index in [0.717, 1.165) is 23.2 Å². The zero-order chi connectivity index (χ0) is 16.0. The molecule has 0 saturated carbocycles. The van der Waals surface area contributed by atoms with E-state index in [-0.39, 0.29) is 6.04 Å². The van der Waals surface area contributed by atoms with Gasteiger partial charge in [-0.25, -0.2) is 0 Å². The van der Waals surface area contributed by atoms with Gasteiger partial charge in [-0.05, 0) is 38.1 Å². The number of halogens is 3. The maximum Gasteiger partial charge on any atom is 0.401 e. The third-order valence-electron chi connectivity index (χ3n) is 3.55. The van der Waals surface area contributed by atoms with E-state index in [1.54, 1.807) is 6.92 Å². The van der Waals surface area contributed by atoms with Gasteiger partial charge in [-0.2, -0.15) is 13.2 Å². The summed E-state index contributed by atoms with van der Waals surface area (Å²) in [5, 5.41) is 3.31. The van der Waals surface area contributed by atoms with E-state index in [1.165, 1.54) is 4.90 Å². The molecular weight excluding hydrogens is 277 g/mol. The number of likely N-dealkylation sites (N-methyl/N-ethyl adjacent to an activating group) is 2. The van der Waals surface area contributed by atoms with Crippen LogP contribution in [0.2, 0.25) is 0 Å². The molecule has 1 rings (SSSR count). The zero-order valence-electron chi connectivity index (χ0n) is 13.2. The maximum absolute atomic E-state index is 12.6. The smallest absolute Gasteiger partial charge is 0.309 e. The molecule has 1 aromatic rings. The Balaban J connectivity index is 2.92. The minimum atomic E-state index is -4.16. The van der Waals surface area contributed by atoms with Gasteiger partial charge in [-0.3, -0.25) is 4.90 Å². The average Bonchev–Trinajstić information content (AvgIpc) is 2.38. The fraction of sp³-hybridized carbons (Fsp3) is 0.625. The fourth-order valence-electron chi connectivity index (χ4n) is 2.47. The van der Waals surface area contributed by atoms with Crippen LogP contribution in [-0.4, -0.2) is 37.3 Å². The Bertz CT molecular complexity index is 444. The van der Waals surface area contributed by atoms with Crippen LogP contribution >= 0.6 is 0 Å². The molecule has 0 fully saturated rings. The molecule has 1 atom stereocenters. The molecule has 5 heteroatoms. The summed E-state index contributed by atoms with van der Waals surface area (Å²) in [4.78, 5) is 1.44. The number of nitrogens with one attached hydrogen (secondary N) is 1. The van der Waals surface area contributed by atoms with Gasteiger partial charge in [0.2, 0.25) is 0 Å². The Morgan fingerprint density at radius 3 is 2.38 bits per heavy atom. The van der Waals surface area contributed by atoms with Crippen molar-refractivity contribution in [1.29, 1.82) is 0 Å². The molecule has 0 spiro atoms. The lowest BCUT2D eigenvalue weighted by atomic mass is 9.98. The third-order valence-corrected chi connectivity index (χ3v) is 3.55. The van der Waals surface area contributed by atoms with Gasteiger partial charge < -0.3 is 5.32 Å². The first-order chi connectivity index (χ1) is 9.76. The second-order valence-corrected chi connectivity index (χ2v) is 5.41. The molecule has 0 radical (unpaired) electrons. The number of hydrogen-bond donors (Lipinski definition) is 1. The predicted octanol–water partition coefficient (Wildman–Crippen LogP) is 3.84. The molecule has 2 nitrogen and oxygen atoms in total. The van der Waals surface area contributed by atoms with Crippen molar-refractivity contribution in [2.75, 3.05) is 26.2 Å². The lowest BCUT2D eigenvalue weighted by molar-refractivity contribution is -0.146. The molecule has 1 N–H and O–H groups in total. The number of nitrogens with zero attached hydrogens (tertiary/aromatic N) is 1. The Hall–Kier alpha value is -1.07. The number of benzene rings is 1. The van der Waals surface area contributed by atoms with Crippen LogP contribution in [0.3, 0.4) is 0 Å². The Kier molecular flexibility index (Phi) is 6.68. The molecule has 0 bridgehead atoms. The summed E-state index contributed by atoms with van der Waals surface area (Å²) in [5.41, 5.74) is 3.31. The molecule has 0 aliphatic rings. The van der Waals surface area contributed by atoms with Gasteiger partial charge in [0.15, 0.2) is 0 Å². The number of rotatable bonds is 7. The molecule has 1 aromatic carbocycles. The molecule has 0 heterocycles. The molecule has 1 unspecified atom stereocenters. The average molecular weight is 302 g/mol. The van der Waals surface area contributed by atoms with E-state index in [4.69, 9.17) is 0 Å². The summed E-state index contributed by atoms with van der Waals surface area (Å²) in [7, 11) is 0. The van der Waals surface area contributed by atoms with Gasteiger partial charge >= 0.3 is 6.18 Å². The Morgan fingerprint density at radius 1 is 1.19 bits per heavy atom. The van der Waals surface area contributed by atoms with Crippen molar-refractivity contribution >= 4 is 0 Å². The predicted molar refractivity (Wildman–Crippen MR) is 80.5 cm³/mol. The highest BCUT2D eigenvalue weighted by Gasteiger charge is 2.31. The summed E-state index contributed by atoms with van der Waals surface area (Å²) >= 11 is 0.